The monoisotopic (exact) mass is 1160 g/mol. The largest absolute Gasteiger partial charge is 0.462 e. The van der Waals surface area contributed by atoms with Gasteiger partial charge in [0.05, 0.1) is 0 Å². The van der Waals surface area contributed by atoms with Crippen LogP contribution in [0.1, 0.15) is 367 Å². The van der Waals surface area contributed by atoms with Crippen LogP contribution in [0.5, 0.6) is 0 Å². The molecular formula is C77H136O6. The Morgan fingerprint density at radius 3 is 0.735 bits per heavy atom. The number of hydrogen-bond acceptors (Lipinski definition) is 6. The third kappa shape index (κ3) is 69.3. The van der Waals surface area contributed by atoms with E-state index in [9.17, 15) is 14.4 Å². The summed E-state index contributed by atoms with van der Waals surface area (Å²) in [5.41, 5.74) is 0. The molecule has 0 fully saturated rings. The lowest BCUT2D eigenvalue weighted by atomic mass is 10.0. The molecule has 0 aliphatic carbocycles. The first kappa shape index (κ1) is 79.6. The molecule has 0 aliphatic heterocycles. The Morgan fingerprint density at radius 1 is 0.253 bits per heavy atom. The third-order valence-corrected chi connectivity index (χ3v) is 15.9. The molecule has 6 heteroatoms. The van der Waals surface area contributed by atoms with E-state index >= 15 is 0 Å². The summed E-state index contributed by atoms with van der Waals surface area (Å²) in [5, 5.41) is 0. The van der Waals surface area contributed by atoms with E-state index in [0.29, 0.717) is 19.3 Å². The second-order valence-corrected chi connectivity index (χ2v) is 24.1. The predicted molar refractivity (Wildman–Crippen MR) is 362 cm³/mol. The van der Waals surface area contributed by atoms with Crippen LogP contribution >= 0.6 is 0 Å². The quantitative estimate of drug-likeness (QED) is 0.0261. The number of esters is 3. The third-order valence-electron chi connectivity index (χ3n) is 15.9. The molecule has 480 valence electrons. The van der Waals surface area contributed by atoms with Crippen LogP contribution in [-0.4, -0.2) is 37.2 Å². The van der Waals surface area contributed by atoms with Crippen molar-refractivity contribution in [2.24, 2.45) is 0 Å². The van der Waals surface area contributed by atoms with Crippen molar-refractivity contribution in [1.82, 2.24) is 0 Å². The van der Waals surface area contributed by atoms with E-state index in [1.807, 2.05) is 0 Å². The van der Waals surface area contributed by atoms with Gasteiger partial charge >= 0.3 is 17.9 Å². The highest BCUT2D eigenvalue weighted by Crippen LogP contribution is 2.18. The Labute approximate surface area is 515 Å². The van der Waals surface area contributed by atoms with E-state index in [-0.39, 0.29) is 31.1 Å². The van der Waals surface area contributed by atoms with E-state index in [0.717, 1.165) is 96.3 Å². The lowest BCUT2D eigenvalue weighted by molar-refractivity contribution is -0.167. The molecule has 0 heterocycles. The number of carbonyl (C=O) groups excluding carboxylic acids is 3. The highest BCUT2D eigenvalue weighted by atomic mass is 16.6. The van der Waals surface area contributed by atoms with Crippen molar-refractivity contribution in [2.45, 2.75) is 374 Å². The average molecular weight is 1160 g/mol. The number of ether oxygens (including phenoxy) is 3. The molecule has 1 atom stereocenters. The standard InChI is InChI=1S/C77H136O6/c1-4-7-10-13-16-18-20-22-24-26-28-30-32-34-36-37-38-39-41-42-44-46-48-50-52-54-56-58-61-64-67-70-76(79)82-73-74(72-81-75(78)69-66-63-60-15-12-9-6-3)83-77(80)71-68-65-62-59-57-55-53-51-49-47-45-43-40-35-33-31-29-27-25-23-21-19-17-14-11-8-5-2/h8,11,17,19-20,22-23,25-26,28-29,31,35,40,74H,4-7,9-10,12-16,18,21,24,27,30,32-34,36-39,41-73H2,1-3H3/b11-8-,19-17-,22-20-,25-23-,28-26-,31-29-,40-35-. The van der Waals surface area contributed by atoms with Gasteiger partial charge in [-0.3, -0.25) is 14.4 Å². The molecule has 0 aromatic rings. The molecule has 0 aliphatic rings. The van der Waals surface area contributed by atoms with E-state index in [1.165, 1.54) is 231 Å². The van der Waals surface area contributed by atoms with Gasteiger partial charge in [-0.2, -0.15) is 0 Å². The molecule has 1 unspecified atom stereocenters. The summed E-state index contributed by atoms with van der Waals surface area (Å²) in [4.78, 5) is 38.2. The molecule has 0 aromatic heterocycles. The second kappa shape index (κ2) is 71.1. The Hall–Kier alpha value is -3.41. The molecule has 0 N–H and O–H groups in total. The molecule has 0 amide bonds. The first-order valence-electron chi connectivity index (χ1n) is 36.1. The van der Waals surface area contributed by atoms with E-state index in [4.69, 9.17) is 14.2 Å². The minimum absolute atomic E-state index is 0.0730. The number of carbonyl (C=O) groups is 3. The van der Waals surface area contributed by atoms with Crippen molar-refractivity contribution in [3.8, 4) is 0 Å². The highest BCUT2D eigenvalue weighted by molar-refractivity contribution is 5.71. The van der Waals surface area contributed by atoms with Gasteiger partial charge in [0, 0.05) is 19.3 Å². The van der Waals surface area contributed by atoms with Crippen molar-refractivity contribution in [3.63, 3.8) is 0 Å². The summed E-state index contributed by atoms with van der Waals surface area (Å²) in [7, 11) is 0. The fraction of sp³-hybridized carbons (Fsp3) is 0.779. The van der Waals surface area contributed by atoms with Crippen LogP contribution in [0, 0.1) is 0 Å². The Bertz CT molecular complexity index is 1570. The summed E-state index contributed by atoms with van der Waals surface area (Å²) in [5.74, 6) is -0.865. The summed E-state index contributed by atoms with van der Waals surface area (Å²) in [6, 6.07) is 0. The maximum Gasteiger partial charge on any atom is 0.306 e. The number of allylic oxidation sites excluding steroid dienone is 14. The van der Waals surface area contributed by atoms with Gasteiger partial charge in [0.15, 0.2) is 6.10 Å². The van der Waals surface area contributed by atoms with Gasteiger partial charge in [0.1, 0.15) is 13.2 Å². The van der Waals surface area contributed by atoms with Gasteiger partial charge in [-0.1, -0.05) is 337 Å². The molecule has 6 nitrogen and oxygen atoms in total. The van der Waals surface area contributed by atoms with Crippen molar-refractivity contribution in [2.75, 3.05) is 13.2 Å². The van der Waals surface area contributed by atoms with Gasteiger partial charge in [0.25, 0.3) is 0 Å². The minimum atomic E-state index is -0.775. The van der Waals surface area contributed by atoms with Gasteiger partial charge in [-0.25, -0.2) is 0 Å². The average Bonchev–Trinajstić information content (AvgIpc) is 3.49. The van der Waals surface area contributed by atoms with Crippen LogP contribution in [0.25, 0.3) is 0 Å². The zero-order valence-electron chi connectivity index (χ0n) is 55.2. The summed E-state index contributed by atoms with van der Waals surface area (Å²) < 4.78 is 16.9. The number of rotatable bonds is 66. The van der Waals surface area contributed by atoms with Crippen LogP contribution in [0.2, 0.25) is 0 Å². The highest BCUT2D eigenvalue weighted by Gasteiger charge is 2.19. The fourth-order valence-electron chi connectivity index (χ4n) is 10.5. The molecule has 0 saturated heterocycles. The number of unbranched alkanes of at least 4 members (excludes halogenated alkanes) is 41. The smallest absolute Gasteiger partial charge is 0.306 e. The molecule has 0 spiro atoms. The zero-order chi connectivity index (χ0) is 59.9. The summed E-state index contributed by atoms with van der Waals surface area (Å²) in [6.45, 7) is 6.52. The van der Waals surface area contributed by atoms with Crippen LogP contribution < -0.4 is 0 Å². The van der Waals surface area contributed by atoms with Crippen molar-refractivity contribution in [1.29, 1.82) is 0 Å². The van der Waals surface area contributed by atoms with Crippen molar-refractivity contribution < 1.29 is 28.6 Å². The van der Waals surface area contributed by atoms with E-state index < -0.39 is 6.10 Å². The Morgan fingerprint density at radius 2 is 0.470 bits per heavy atom. The Balaban J connectivity index is 4.04. The molecule has 0 bridgehead atoms. The minimum Gasteiger partial charge on any atom is -0.462 e. The number of hydrogen-bond donors (Lipinski definition) is 0. The van der Waals surface area contributed by atoms with Crippen LogP contribution in [0.3, 0.4) is 0 Å². The topological polar surface area (TPSA) is 78.9 Å². The Kier molecular flexibility index (Phi) is 68.2. The van der Waals surface area contributed by atoms with Crippen LogP contribution in [0.15, 0.2) is 85.1 Å². The maximum atomic E-state index is 12.9. The van der Waals surface area contributed by atoms with Crippen LogP contribution in [0.4, 0.5) is 0 Å². The first-order chi connectivity index (χ1) is 41.0. The molecule has 0 saturated carbocycles. The molecule has 0 radical (unpaired) electrons. The van der Waals surface area contributed by atoms with Crippen molar-refractivity contribution in [3.05, 3.63) is 85.1 Å². The first-order valence-corrected chi connectivity index (χ1v) is 36.1. The molecule has 0 aromatic carbocycles. The van der Waals surface area contributed by atoms with Gasteiger partial charge in [-0.05, 0) is 96.3 Å². The fourth-order valence-corrected chi connectivity index (χ4v) is 10.5. The van der Waals surface area contributed by atoms with Crippen molar-refractivity contribution >= 4 is 17.9 Å². The molecular weight excluding hydrogens is 1020 g/mol. The predicted octanol–water partition coefficient (Wildman–Crippen LogP) is 25.0. The van der Waals surface area contributed by atoms with E-state index in [2.05, 4.69) is 106 Å². The van der Waals surface area contributed by atoms with Gasteiger partial charge < -0.3 is 14.2 Å². The van der Waals surface area contributed by atoms with Crippen LogP contribution in [-0.2, 0) is 28.6 Å². The summed E-state index contributed by atoms with van der Waals surface area (Å²) in [6.07, 6.45) is 95.1. The van der Waals surface area contributed by atoms with E-state index in [1.54, 1.807) is 0 Å². The SMILES string of the molecule is CC/C=C\C/C=C\C/C=C\C/C=C\C/C=C\CCCCCCCCCCCCCC(=O)OC(COC(=O)CCCCCCCCC)COC(=O)CCCCCCCCCCCCCCCCCCCCC/C=C\C/C=C\CCCCCCC. The molecule has 0 rings (SSSR count). The lowest BCUT2D eigenvalue weighted by Gasteiger charge is -2.18. The zero-order valence-corrected chi connectivity index (χ0v) is 55.2. The van der Waals surface area contributed by atoms with Gasteiger partial charge in [-0.15, -0.1) is 0 Å². The molecule has 83 heavy (non-hydrogen) atoms. The lowest BCUT2D eigenvalue weighted by Crippen LogP contribution is -2.30. The maximum absolute atomic E-state index is 12.9. The second-order valence-electron chi connectivity index (χ2n) is 24.1. The normalized spacial score (nSPS) is 12.6. The summed E-state index contributed by atoms with van der Waals surface area (Å²) >= 11 is 0. The van der Waals surface area contributed by atoms with Gasteiger partial charge in [0.2, 0.25) is 0 Å².